The molecule has 0 bridgehead atoms. The van der Waals surface area contributed by atoms with Gasteiger partial charge in [-0.15, -0.1) is 11.3 Å². The van der Waals surface area contributed by atoms with Crippen LogP contribution in [-0.2, 0) is 9.84 Å². The number of sulfone groups is 1. The number of nitrogens with two attached hydrogens (primary N) is 1. The van der Waals surface area contributed by atoms with E-state index in [9.17, 15) is 8.42 Å². The van der Waals surface area contributed by atoms with Crippen LogP contribution in [0.15, 0.2) is 17.6 Å². The minimum atomic E-state index is -2.82. The zero-order valence-electron chi connectivity index (χ0n) is 10.3. The van der Waals surface area contributed by atoms with E-state index >= 15 is 0 Å². The lowest BCUT2D eigenvalue weighted by Gasteiger charge is -2.13. The summed E-state index contributed by atoms with van der Waals surface area (Å²) in [5.41, 5.74) is 10.1. The highest BCUT2D eigenvalue weighted by Crippen LogP contribution is 2.30. The van der Waals surface area contributed by atoms with Gasteiger partial charge in [0.25, 0.3) is 0 Å². The van der Waals surface area contributed by atoms with Gasteiger partial charge in [-0.25, -0.2) is 13.4 Å². The number of thiazole rings is 1. The Labute approximate surface area is 115 Å². The van der Waals surface area contributed by atoms with Crippen LogP contribution in [0.3, 0.4) is 0 Å². The van der Waals surface area contributed by atoms with E-state index in [0.717, 1.165) is 22.3 Å². The largest absolute Gasteiger partial charge is 0.395 e. The summed E-state index contributed by atoms with van der Waals surface area (Å²) in [6.45, 7) is 0.638. The maximum absolute atomic E-state index is 11.4. The number of hydrogen-bond acceptors (Lipinski definition) is 6. The molecule has 3 rings (SSSR count). The molecule has 19 heavy (non-hydrogen) atoms. The first-order chi connectivity index (χ1) is 9.05. The topological polar surface area (TPSA) is 85.1 Å². The number of nitrogens with one attached hydrogen (secondary N) is 1. The fourth-order valence-corrected chi connectivity index (χ4v) is 4.95. The number of fused-ring (bicyclic) bond motifs is 1. The van der Waals surface area contributed by atoms with Gasteiger partial charge in [-0.05, 0) is 24.5 Å². The summed E-state index contributed by atoms with van der Waals surface area (Å²) in [6, 6.07) is 3.91. The third-order valence-electron chi connectivity index (χ3n) is 3.45. The molecule has 0 spiro atoms. The van der Waals surface area contributed by atoms with E-state index in [1.807, 2.05) is 12.1 Å². The molecule has 7 heteroatoms. The summed E-state index contributed by atoms with van der Waals surface area (Å²) in [5, 5.41) is 3.25. The molecule has 1 atom stereocenters. The quantitative estimate of drug-likeness (QED) is 0.843. The number of benzene rings is 1. The van der Waals surface area contributed by atoms with Crippen LogP contribution in [0, 0.1) is 5.92 Å². The first kappa shape index (κ1) is 12.7. The second-order valence-electron chi connectivity index (χ2n) is 4.88. The standard InChI is InChI=1S/C12H15N3O2S2/c13-11-9(1-2-10-12(11)15-7-18-10)14-5-8-3-4-19(16,17)6-8/h1-2,7-8,14H,3-6,13H2. The molecule has 2 heterocycles. The number of anilines is 2. The van der Waals surface area contributed by atoms with Crippen LogP contribution in [0.2, 0.25) is 0 Å². The molecule has 3 N–H and O–H groups in total. The average Bonchev–Trinajstić information content (AvgIpc) is 2.95. The Morgan fingerprint density at radius 3 is 3.05 bits per heavy atom. The van der Waals surface area contributed by atoms with Gasteiger partial charge in [0.2, 0.25) is 0 Å². The van der Waals surface area contributed by atoms with E-state index < -0.39 is 9.84 Å². The van der Waals surface area contributed by atoms with Gasteiger partial charge in [-0.2, -0.15) is 0 Å². The highest BCUT2D eigenvalue weighted by Gasteiger charge is 2.27. The van der Waals surface area contributed by atoms with Gasteiger partial charge in [-0.3, -0.25) is 0 Å². The highest BCUT2D eigenvalue weighted by atomic mass is 32.2. The summed E-state index contributed by atoms with van der Waals surface area (Å²) in [4.78, 5) is 4.24. The molecular weight excluding hydrogens is 282 g/mol. The number of aromatic nitrogens is 1. The molecule has 5 nitrogen and oxygen atoms in total. The molecule has 102 valence electrons. The monoisotopic (exact) mass is 297 g/mol. The van der Waals surface area contributed by atoms with Crippen molar-refractivity contribution in [2.45, 2.75) is 6.42 Å². The Hall–Kier alpha value is -1.34. The van der Waals surface area contributed by atoms with Crippen LogP contribution in [-0.4, -0.2) is 31.5 Å². The van der Waals surface area contributed by atoms with Crippen LogP contribution >= 0.6 is 11.3 Å². The van der Waals surface area contributed by atoms with Crippen molar-refractivity contribution in [1.29, 1.82) is 0 Å². The maximum atomic E-state index is 11.4. The van der Waals surface area contributed by atoms with Crippen molar-refractivity contribution in [3.05, 3.63) is 17.6 Å². The minimum absolute atomic E-state index is 0.176. The van der Waals surface area contributed by atoms with Crippen LogP contribution < -0.4 is 11.1 Å². The molecular formula is C12H15N3O2S2. The molecule has 1 aliphatic heterocycles. The van der Waals surface area contributed by atoms with E-state index in [1.54, 1.807) is 16.8 Å². The smallest absolute Gasteiger partial charge is 0.150 e. The first-order valence-corrected chi connectivity index (χ1v) is 8.81. The number of nitrogen functional groups attached to an aromatic ring is 1. The lowest BCUT2D eigenvalue weighted by atomic mass is 10.1. The van der Waals surface area contributed by atoms with Crippen molar-refractivity contribution in [3.8, 4) is 0 Å². The van der Waals surface area contributed by atoms with Crippen LogP contribution in [0.4, 0.5) is 11.4 Å². The van der Waals surface area contributed by atoms with E-state index in [-0.39, 0.29) is 11.7 Å². The van der Waals surface area contributed by atoms with E-state index in [1.165, 1.54) is 0 Å². The molecule has 1 fully saturated rings. The van der Waals surface area contributed by atoms with Crippen molar-refractivity contribution in [2.24, 2.45) is 5.92 Å². The molecule has 2 aromatic rings. The third kappa shape index (κ3) is 2.52. The van der Waals surface area contributed by atoms with Crippen LogP contribution in [0.1, 0.15) is 6.42 Å². The molecule has 1 aromatic carbocycles. The Morgan fingerprint density at radius 1 is 1.47 bits per heavy atom. The SMILES string of the molecule is Nc1c(NCC2CCS(=O)(=O)C2)ccc2scnc12. The predicted octanol–water partition coefficient (Wildman–Crippen LogP) is 1.73. The Balaban J connectivity index is 1.74. The van der Waals surface area contributed by atoms with Gasteiger partial charge in [0.05, 0.1) is 33.1 Å². The first-order valence-electron chi connectivity index (χ1n) is 6.11. The summed E-state index contributed by atoms with van der Waals surface area (Å²) in [5.74, 6) is 0.759. The van der Waals surface area contributed by atoms with Crippen molar-refractivity contribution < 1.29 is 8.42 Å². The minimum Gasteiger partial charge on any atom is -0.395 e. The van der Waals surface area contributed by atoms with Crippen molar-refractivity contribution in [3.63, 3.8) is 0 Å². The van der Waals surface area contributed by atoms with E-state index in [4.69, 9.17) is 5.73 Å². The van der Waals surface area contributed by atoms with Crippen molar-refractivity contribution in [2.75, 3.05) is 29.1 Å². The summed E-state index contributed by atoms with van der Waals surface area (Å²) in [6.07, 6.45) is 0.730. The summed E-state index contributed by atoms with van der Waals surface area (Å²) >= 11 is 1.56. The third-order valence-corrected chi connectivity index (χ3v) is 6.08. The van der Waals surface area contributed by atoms with Crippen LogP contribution in [0.5, 0.6) is 0 Å². The number of hydrogen-bond donors (Lipinski definition) is 2. The molecule has 0 radical (unpaired) electrons. The maximum Gasteiger partial charge on any atom is 0.150 e. The van der Waals surface area contributed by atoms with Gasteiger partial charge < -0.3 is 11.1 Å². The predicted molar refractivity (Wildman–Crippen MR) is 79.3 cm³/mol. The van der Waals surface area contributed by atoms with Gasteiger partial charge in [0, 0.05) is 6.54 Å². The Bertz CT molecular complexity index is 709. The normalized spacial score (nSPS) is 21.8. The molecule has 1 saturated heterocycles. The second-order valence-corrected chi connectivity index (χ2v) is 7.99. The lowest BCUT2D eigenvalue weighted by Crippen LogP contribution is -2.16. The van der Waals surface area contributed by atoms with E-state index in [2.05, 4.69) is 10.3 Å². The molecule has 1 aromatic heterocycles. The van der Waals surface area contributed by atoms with Gasteiger partial charge >= 0.3 is 0 Å². The molecule has 1 aliphatic rings. The van der Waals surface area contributed by atoms with Gasteiger partial charge in [0.15, 0.2) is 9.84 Å². The van der Waals surface area contributed by atoms with Crippen molar-refractivity contribution >= 4 is 42.8 Å². The zero-order chi connectivity index (χ0) is 13.5. The van der Waals surface area contributed by atoms with Gasteiger partial charge in [-0.1, -0.05) is 0 Å². The van der Waals surface area contributed by atoms with Crippen molar-refractivity contribution in [1.82, 2.24) is 4.98 Å². The Kier molecular flexibility index (Phi) is 3.10. The number of rotatable bonds is 3. The number of nitrogens with zero attached hydrogens (tertiary/aromatic N) is 1. The molecule has 0 saturated carbocycles. The van der Waals surface area contributed by atoms with Gasteiger partial charge in [0.1, 0.15) is 5.52 Å². The molecule has 1 unspecified atom stereocenters. The fraction of sp³-hybridized carbons (Fsp3) is 0.417. The summed E-state index contributed by atoms with van der Waals surface area (Å²) in [7, 11) is -2.82. The Morgan fingerprint density at radius 2 is 2.32 bits per heavy atom. The average molecular weight is 297 g/mol. The molecule has 0 amide bonds. The summed E-state index contributed by atoms with van der Waals surface area (Å²) < 4.78 is 23.9. The second kappa shape index (κ2) is 4.64. The molecule has 0 aliphatic carbocycles. The lowest BCUT2D eigenvalue weighted by molar-refractivity contribution is 0.596. The van der Waals surface area contributed by atoms with Crippen LogP contribution in [0.25, 0.3) is 10.2 Å². The fourth-order valence-electron chi connectivity index (χ4n) is 2.39. The van der Waals surface area contributed by atoms with E-state index in [0.29, 0.717) is 18.0 Å². The highest BCUT2D eigenvalue weighted by molar-refractivity contribution is 7.91. The zero-order valence-corrected chi connectivity index (χ0v) is 11.9.